The molecular formula is C20H35NO4S. The molecule has 0 aliphatic rings. The first-order valence-electron chi connectivity index (χ1n) is 9.62. The third kappa shape index (κ3) is 11.1. The lowest BCUT2D eigenvalue weighted by Crippen LogP contribution is -2.02. The van der Waals surface area contributed by atoms with Crippen LogP contribution in [0.2, 0.25) is 0 Å². The molecule has 0 saturated carbocycles. The fourth-order valence-corrected chi connectivity index (χ4v) is 3.49. The monoisotopic (exact) mass is 385 g/mol. The van der Waals surface area contributed by atoms with Crippen molar-refractivity contribution in [2.75, 3.05) is 45.9 Å². The molecule has 1 heterocycles. The standard InChI is InChI=1S/C20H35NO4S/c1-18-19(17-22)21-10-9-20(18)26-16-8-7-15-25-14-6-5-13-24-12-4-3-11-23-2/h9-10,22H,3-8,11-17H2,1-2H3. The van der Waals surface area contributed by atoms with Gasteiger partial charge in [-0.2, -0.15) is 0 Å². The van der Waals surface area contributed by atoms with Crippen molar-refractivity contribution in [3.8, 4) is 0 Å². The van der Waals surface area contributed by atoms with Gasteiger partial charge in [-0.05, 0) is 62.8 Å². The van der Waals surface area contributed by atoms with Crippen molar-refractivity contribution in [3.05, 3.63) is 23.5 Å². The Morgan fingerprint density at radius 2 is 1.50 bits per heavy atom. The number of thioether (sulfide) groups is 1. The summed E-state index contributed by atoms with van der Waals surface area (Å²) < 4.78 is 16.3. The van der Waals surface area contributed by atoms with Crippen LogP contribution in [0.25, 0.3) is 0 Å². The molecule has 0 aliphatic carbocycles. The van der Waals surface area contributed by atoms with Gasteiger partial charge < -0.3 is 19.3 Å². The first-order valence-corrected chi connectivity index (χ1v) is 10.6. The molecule has 6 heteroatoms. The lowest BCUT2D eigenvalue weighted by Gasteiger charge is -2.08. The normalized spacial score (nSPS) is 11.2. The smallest absolute Gasteiger partial charge is 0.0856 e. The SMILES string of the molecule is COCCCCOCCCCOCCCCSc1ccnc(CO)c1C. The minimum absolute atomic E-state index is 0.00688. The Bertz CT molecular complexity index is 459. The molecule has 0 radical (unpaired) electrons. The molecule has 0 saturated heterocycles. The predicted octanol–water partition coefficient (Wildman–Crippen LogP) is 3.99. The van der Waals surface area contributed by atoms with E-state index in [0.29, 0.717) is 0 Å². The second-order valence-electron chi connectivity index (χ2n) is 6.23. The second-order valence-corrected chi connectivity index (χ2v) is 7.36. The quantitative estimate of drug-likeness (QED) is 0.323. The largest absolute Gasteiger partial charge is 0.390 e. The molecule has 1 aromatic heterocycles. The van der Waals surface area contributed by atoms with E-state index in [-0.39, 0.29) is 6.61 Å². The third-order valence-electron chi connectivity index (χ3n) is 4.06. The number of hydrogen-bond acceptors (Lipinski definition) is 6. The Kier molecular flexibility index (Phi) is 14.8. The van der Waals surface area contributed by atoms with E-state index in [9.17, 15) is 5.11 Å². The summed E-state index contributed by atoms with van der Waals surface area (Å²) >= 11 is 1.83. The number of aliphatic hydroxyl groups is 1. The average Bonchev–Trinajstić information content (AvgIpc) is 2.66. The van der Waals surface area contributed by atoms with Gasteiger partial charge in [-0.3, -0.25) is 4.98 Å². The van der Waals surface area contributed by atoms with Crippen LogP contribution in [-0.2, 0) is 20.8 Å². The van der Waals surface area contributed by atoms with Crippen molar-refractivity contribution in [1.29, 1.82) is 0 Å². The highest BCUT2D eigenvalue weighted by Crippen LogP contribution is 2.24. The van der Waals surface area contributed by atoms with E-state index in [1.54, 1.807) is 13.3 Å². The van der Waals surface area contributed by atoms with E-state index in [0.717, 1.165) is 88.6 Å². The number of aliphatic hydroxyl groups excluding tert-OH is 1. The minimum atomic E-state index is 0.00688. The number of nitrogens with zero attached hydrogens (tertiary/aromatic N) is 1. The lowest BCUT2D eigenvalue weighted by atomic mass is 10.2. The second kappa shape index (κ2) is 16.5. The molecule has 5 nitrogen and oxygen atoms in total. The van der Waals surface area contributed by atoms with Gasteiger partial charge in [-0.25, -0.2) is 0 Å². The summed E-state index contributed by atoms with van der Waals surface area (Å²) in [6.45, 7) is 6.16. The third-order valence-corrected chi connectivity index (χ3v) is 5.31. The summed E-state index contributed by atoms with van der Waals surface area (Å²) in [6.07, 6.45) is 8.25. The van der Waals surface area contributed by atoms with Gasteiger partial charge in [0.15, 0.2) is 0 Å². The summed E-state index contributed by atoms with van der Waals surface area (Å²) in [5.41, 5.74) is 1.87. The van der Waals surface area contributed by atoms with Crippen molar-refractivity contribution in [3.63, 3.8) is 0 Å². The van der Waals surface area contributed by atoms with E-state index >= 15 is 0 Å². The molecule has 0 aromatic carbocycles. The van der Waals surface area contributed by atoms with Crippen LogP contribution in [0.15, 0.2) is 17.2 Å². The van der Waals surface area contributed by atoms with Crippen molar-refractivity contribution < 1.29 is 19.3 Å². The number of pyridine rings is 1. The van der Waals surface area contributed by atoms with Gasteiger partial charge in [-0.15, -0.1) is 11.8 Å². The first kappa shape index (κ1) is 23.4. The Morgan fingerprint density at radius 1 is 0.923 bits per heavy atom. The zero-order valence-electron chi connectivity index (χ0n) is 16.4. The van der Waals surface area contributed by atoms with E-state index in [1.165, 1.54) is 4.90 Å². The van der Waals surface area contributed by atoms with Gasteiger partial charge in [0, 0.05) is 51.2 Å². The van der Waals surface area contributed by atoms with E-state index < -0.39 is 0 Å². The van der Waals surface area contributed by atoms with Crippen LogP contribution in [0.1, 0.15) is 49.8 Å². The van der Waals surface area contributed by atoms with E-state index in [4.69, 9.17) is 14.2 Å². The summed E-state index contributed by atoms with van der Waals surface area (Å²) in [7, 11) is 1.73. The van der Waals surface area contributed by atoms with Gasteiger partial charge >= 0.3 is 0 Å². The molecule has 0 spiro atoms. The molecule has 0 fully saturated rings. The Hall–Kier alpha value is -0.660. The highest BCUT2D eigenvalue weighted by atomic mass is 32.2. The molecule has 1 N–H and O–H groups in total. The molecular weight excluding hydrogens is 350 g/mol. The number of methoxy groups -OCH3 is 1. The van der Waals surface area contributed by atoms with Crippen molar-refractivity contribution in [2.45, 2.75) is 57.0 Å². The Balaban J connectivity index is 1.87. The van der Waals surface area contributed by atoms with Gasteiger partial charge in [0.1, 0.15) is 0 Å². The van der Waals surface area contributed by atoms with Gasteiger partial charge in [0.25, 0.3) is 0 Å². The average molecular weight is 386 g/mol. The molecule has 26 heavy (non-hydrogen) atoms. The van der Waals surface area contributed by atoms with Crippen molar-refractivity contribution in [2.24, 2.45) is 0 Å². The molecule has 0 unspecified atom stereocenters. The van der Waals surface area contributed by atoms with Crippen molar-refractivity contribution >= 4 is 11.8 Å². The molecule has 1 aromatic rings. The van der Waals surface area contributed by atoms with Gasteiger partial charge in [0.2, 0.25) is 0 Å². The van der Waals surface area contributed by atoms with Crippen LogP contribution in [0.3, 0.4) is 0 Å². The van der Waals surface area contributed by atoms with Crippen LogP contribution in [0.4, 0.5) is 0 Å². The van der Waals surface area contributed by atoms with Gasteiger partial charge in [-0.1, -0.05) is 0 Å². The number of ether oxygens (including phenoxy) is 3. The first-order chi connectivity index (χ1) is 12.8. The summed E-state index contributed by atoms with van der Waals surface area (Å²) in [6, 6.07) is 2.02. The molecule has 0 bridgehead atoms. The summed E-state index contributed by atoms with van der Waals surface area (Å²) in [5.74, 6) is 1.07. The zero-order valence-corrected chi connectivity index (χ0v) is 17.2. The molecule has 1 rings (SSSR count). The van der Waals surface area contributed by atoms with Crippen LogP contribution < -0.4 is 0 Å². The topological polar surface area (TPSA) is 60.8 Å². The highest BCUT2D eigenvalue weighted by molar-refractivity contribution is 7.99. The van der Waals surface area contributed by atoms with Crippen LogP contribution in [-0.4, -0.2) is 56.0 Å². The zero-order chi connectivity index (χ0) is 18.9. The van der Waals surface area contributed by atoms with Crippen LogP contribution >= 0.6 is 11.8 Å². The number of unbranched alkanes of at least 4 members (excludes halogenated alkanes) is 3. The molecule has 150 valence electrons. The fraction of sp³-hybridized carbons (Fsp3) is 0.750. The minimum Gasteiger partial charge on any atom is -0.390 e. The lowest BCUT2D eigenvalue weighted by molar-refractivity contribution is 0.0961. The van der Waals surface area contributed by atoms with Crippen LogP contribution in [0.5, 0.6) is 0 Å². The molecule has 0 atom stereocenters. The maximum Gasteiger partial charge on any atom is 0.0856 e. The summed E-state index contributed by atoms with van der Waals surface area (Å²) in [5, 5.41) is 9.25. The fourth-order valence-electron chi connectivity index (χ4n) is 2.43. The van der Waals surface area contributed by atoms with E-state index in [1.807, 2.05) is 24.8 Å². The van der Waals surface area contributed by atoms with Crippen molar-refractivity contribution in [1.82, 2.24) is 4.98 Å². The van der Waals surface area contributed by atoms with E-state index in [2.05, 4.69) is 4.98 Å². The molecule has 0 amide bonds. The maximum absolute atomic E-state index is 9.25. The molecule has 0 aliphatic heterocycles. The van der Waals surface area contributed by atoms with Crippen LogP contribution in [0, 0.1) is 6.92 Å². The number of hydrogen-bond donors (Lipinski definition) is 1. The maximum atomic E-state index is 9.25. The Morgan fingerprint density at radius 3 is 2.08 bits per heavy atom. The predicted molar refractivity (Wildman–Crippen MR) is 107 cm³/mol. The van der Waals surface area contributed by atoms with Gasteiger partial charge in [0.05, 0.1) is 12.3 Å². The highest BCUT2D eigenvalue weighted by Gasteiger charge is 2.04. The number of aromatic nitrogens is 1. The Labute approximate surface area is 162 Å². The summed E-state index contributed by atoms with van der Waals surface area (Å²) in [4.78, 5) is 5.40. The number of rotatable bonds is 17.